The molecule has 10 heteroatoms. The smallest absolute Gasteiger partial charge is 0.268 e. The van der Waals surface area contributed by atoms with Gasteiger partial charge in [-0.05, 0) is 49.8 Å². The lowest BCUT2D eigenvalue weighted by Crippen LogP contribution is -2.50. The molecule has 3 atom stereocenters. The number of H-pyrrole nitrogens is 1. The first-order chi connectivity index (χ1) is 15.8. The second-order valence-electron chi connectivity index (χ2n) is 8.79. The average Bonchev–Trinajstić information content (AvgIpc) is 3.49. The summed E-state index contributed by atoms with van der Waals surface area (Å²) in [7, 11) is 0. The summed E-state index contributed by atoms with van der Waals surface area (Å²) in [6.45, 7) is 0.623. The van der Waals surface area contributed by atoms with Crippen molar-refractivity contribution < 1.29 is 18.8 Å². The first kappa shape index (κ1) is 23.1. The number of carbonyl (C=O) groups excluding carboxylic acids is 3. The zero-order valence-electron chi connectivity index (χ0n) is 17.9. The van der Waals surface area contributed by atoms with Crippen molar-refractivity contribution in [3.8, 4) is 6.07 Å². The maximum atomic E-state index is 14.1. The van der Waals surface area contributed by atoms with Crippen molar-refractivity contribution in [3.63, 3.8) is 0 Å². The molecule has 4 rings (SSSR count). The molecule has 3 amide bonds. The van der Waals surface area contributed by atoms with Gasteiger partial charge in [-0.3, -0.25) is 14.4 Å². The van der Waals surface area contributed by atoms with Gasteiger partial charge in [-0.15, -0.1) is 0 Å². The number of aromatic amines is 1. The molecule has 4 N–H and O–H groups in total. The van der Waals surface area contributed by atoms with E-state index in [4.69, 9.17) is 11.6 Å². The highest BCUT2D eigenvalue weighted by Gasteiger charge is 2.33. The highest BCUT2D eigenvalue weighted by Crippen LogP contribution is 2.34. The lowest BCUT2D eigenvalue weighted by atomic mass is 9.92. The minimum absolute atomic E-state index is 0.107. The molecule has 2 fully saturated rings. The molecular weight excluding hydrogens is 449 g/mol. The third-order valence-electron chi connectivity index (χ3n) is 6.18. The van der Waals surface area contributed by atoms with E-state index in [1.807, 2.05) is 0 Å². The first-order valence-corrected chi connectivity index (χ1v) is 11.5. The Labute approximate surface area is 195 Å². The van der Waals surface area contributed by atoms with E-state index in [1.54, 1.807) is 0 Å². The van der Waals surface area contributed by atoms with Crippen LogP contribution in [0.4, 0.5) is 4.39 Å². The Morgan fingerprint density at radius 1 is 1.21 bits per heavy atom. The second-order valence-corrected chi connectivity index (χ2v) is 9.23. The molecule has 2 heterocycles. The molecule has 0 bridgehead atoms. The topological polar surface area (TPSA) is 127 Å². The fourth-order valence-corrected chi connectivity index (χ4v) is 4.40. The number of halogens is 2. The molecule has 1 aromatic heterocycles. The van der Waals surface area contributed by atoms with E-state index in [1.165, 1.54) is 12.1 Å². The third kappa shape index (κ3) is 5.63. The first-order valence-electron chi connectivity index (χ1n) is 11.1. The van der Waals surface area contributed by atoms with E-state index in [0.29, 0.717) is 30.8 Å². The average molecular weight is 474 g/mol. The number of benzene rings is 1. The number of piperidine rings is 1. The lowest BCUT2D eigenvalue weighted by molar-refractivity contribution is -0.128. The number of carbonyl (C=O) groups is 3. The van der Waals surface area contributed by atoms with E-state index in [0.717, 1.165) is 25.3 Å². The predicted octanol–water partition coefficient (Wildman–Crippen LogP) is 2.78. The van der Waals surface area contributed by atoms with Crippen molar-refractivity contribution in [1.29, 1.82) is 5.26 Å². The Morgan fingerprint density at radius 2 is 2.00 bits per heavy atom. The summed E-state index contributed by atoms with van der Waals surface area (Å²) in [6, 6.07) is 4.43. The fourth-order valence-electron chi connectivity index (χ4n) is 4.20. The summed E-state index contributed by atoms with van der Waals surface area (Å²) in [6.07, 6.45) is 4.11. The van der Waals surface area contributed by atoms with Crippen molar-refractivity contribution in [3.05, 3.63) is 34.7 Å². The van der Waals surface area contributed by atoms with Gasteiger partial charge in [-0.1, -0.05) is 24.4 Å². The molecule has 2 aliphatic rings. The molecular formula is C23H25ClFN5O3. The number of hydrogen-bond acceptors (Lipinski definition) is 4. The zero-order chi connectivity index (χ0) is 23.5. The monoisotopic (exact) mass is 473 g/mol. The highest BCUT2D eigenvalue weighted by atomic mass is 35.5. The van der Waals surface area contributed by atoms with Crippen molar-refractivity contribution in [1.82, 2.24) is 20.9 Å². The van der Waals surface area contributed by atoms with Crippen LogP contribution in [0.3, 0.4) is 0 Å². The van der Waals surface area contributed by atoms with Crippen molar-refractivity contribution >= 4 is 40.2 Å². The normalized spacial score (nSPS) is 19.9. The van der Waals surface area contributed by atoms with Gasteiger partial charge in [0.05, 0.1) is 11.6 Å². The molecule has 1 saturated carbocycles. The third-order valence-corrected chi connectivity index (χ3v) is 6.39. The largest absolute Gasteiger partial charge is 0.356 e. The van der Waals surface area contributed by atoms with Crippen molar-refractivity contribution in [2.45, 2.75) is 50.6 Å². The molecule has 174 valence electrons. The van der Waals surface area contributed by atoms with Crippen molar-refractivity contribution in [2.75, 3.05) is 6.54 Å². The van der Waals surface area contributed by atoms with Gasteiger partial charge in [0.15, 0.2) is 0 Å². The van der Waals surface area contributed by atoms with Gasteiger partial charge in [0.25, 0.3) is 5.91 Å². The van der Waals surface area contributed by atoms with Gasteiger partial charge in [0, 0.05) is 22.9 Å². The predicted molar refractivity (Wildman–Crippen MR) is 120 cm³/mol. The van der Waals surface area contributed by atoms with Gasteiger partial charge < -0.3 is 20.9 Å². The SMILES string of the molecule is N#C[C@H](C[C@@H]1CCCNC1=O)NC(=O)[C@H](CC1CC1)NC(=O)c1cc2c(F)cc(Cl)cc2[nH]1. The van der Waals surface area contributed by atoms with Gasteiger partial charge >= 0.3 is 0 Å². The Bertz CT molecular complexity index is 1120. The molecule has 2 aromatic rings. The van der Waals surface area contributed by atoms with Crippen LogP contribution in [-0.2, 0) is 9.59 Å². The van der Waals surface area contributed by atoms with Crippen LogP contribution in [0.15, 0.2) is 18.2 Å². The summed E-state index contributed by atoms with van der Waals surface area (Å²) in [5.41, 5.74) is 0.485. The lowest BCUT2D eigenvalue weighted by Gasteiger charge is -2.25. The number of hydrogen-bond donors (Lipinski definition) is 4. The molecule has 33 heavy (non-hydrogen) atoms. The summed E-state index contributed by atoms with van der Waals surface area (Å²) in [5, 5.41) is 18.1. The highest BCUT2D eigenvalue weighted by molar-refractivity contribution is 6.31. The van der Waals surface area contributed by atoms with Crippen LogP contribution in [-0.4, -0.2) is 41.3 Å². The van der Waals surface area contributed by atoms with Gasteiger partial charge in [0.2, 0.25) is 11.8 Å². The van der Waals surface area contributed by atoms with Crippen LogP contribution in [0, 0.1) is 29.0 Å². The fraction of sp³-hybridized carbons (Fsp3) is 0.478. The molecule has 0 unspecified atom stereocenters. The van der Waals surface area contributed by atoms with Crippen LogP contribution in [0.5, 0.6) is 0 Å². The van der Waals surface area contributed by atoms with E-state index < -0.39 is 29.7 Å². The number of fused-ring (bicyclic) bond motifs is 1. The van der Waals surface area contributed by atoms with E-state index in [-0.39, 0.29) is 34.3 Å². The van der Waals surface area contributed by atoms with Gasteiger partial charge in [0.1, 0.15) is 23.6 Å². The molecule has 0 spiro atoms. The Hall–Kier alpha value is -3.12. The van der Waals surface area contributed by atoms with Crippen LogP contribution in [0.1, 0.15) is 49.0 Å². The number of amides is 3. The molecule has 1 aromatic carbocycles. The quantitative estimate of drug-likeness (QED) is 0.470. The molecule has 0 radical (unpaired) electrons. The summed E-state index contributed by atoms with van der Waals surface area (Å²) in [4.78, 5) is 40.7. The number of aromatic nitrogens is 1. The Morgan fingerprint density at radius 3 is 2.70 bits per heavy atom. The van der Waals surface area contributed by atoms with E-state index >= 15 is 0 Å². The maximum Gasteiger partial charge on any atom is 0.268 e. The van der Waals surface area contributed by atoms with E-state index in [2.05, 4.69) is 27.0 Å². The van der Waals surface area contributed by atoms with Crippen LogP contribution in [0.2, 0.25) is 5.02 Å². The Kier molecular flexibility index (Phi) is 6.84. The standard InChI is InChI=1S/C23H25ClFN5O3/c24-14-8-17(25)16-10-20(29-18(16)9-14)23(33)30-19(6-12-3-4-12)22(32)28-15(11-26)7-13-2-1-5-27-21(13)31/h8-10,12-13,15,19,29H,1-7H2,(H,27,31)(H,28,32)(H,30,33)/t13-,15-,19-/m0/s1. The van der Waals surface area contributed by atoms with Crippen LogP contribution >= 0.6 is 11.6 Å². The summed E-state index contributed by atoms with van der Waals surface area (Å²) < 4.78 is 14.1. The molecule has 1 aliphatic carbocycles. The Balaban J connectivity index is 1.44. The molecule has 1 aliphatic heterocycles. The number of nitriles is 1. The van der Waals surface area contributed by atoms with E-state index in [9.17, 15) is 24.0 Å². The molecule has 8 nitrogen and oxygen atoms in total. The summed E-state index contributed by atoms with van der Waals surface area (Å²) in [5.74, 6) is -1.68. The second kappa shape index (κ2) is 9.79. The zero-order valence-corrected chi connectivity index (χ0v) is 18.7. The minimum Gasteiger partial charge on any atom is -0.356 e. The maximum absolute atomic E-state index is 14.1. The summed E-state index contributed by atoms with van der Waals surface area (Å²) >= 11 is 5.88. The van der Waals surface area contributed by atoms with Gasteiger partial charge in [-0.2, -0.15) is 5.26 Å². The number of nitrogens with one attached hydrogen (secondary N) is 4. The number of nitrogens with zero attached hydrogens (tertiary/aromatic N) is 1. The molecule has 1 saturated heterocycles. The van der Waals surface area contributed by atoms with Crippen LogP contribution in [0.25, 0.3) is 10.9 Å². The number of rotatable bonds is 8. The van der Waals surface area contributed by atoms with Crippen LogP contribution < -0.4 is 16.0 Å². The van der Waals surface area contributed by atoms with Gasteiger partial charge in [-0.25, -0.2) is 4.39 Å². The van der Waals surface area contributed by atoms with Crippen molar-refractivity contribution in [2.24, 2.45) is 11.8 Å². The minimum atomic E-state index is -0.846.